The van der Waals surface area contributed by atoms with Gasteiger partial charge in [-0.3, -0.25) is 9.69 Å². The summed E-state index contributed by atoms with van der Waals surface area (Å²) in [6.45, 7) is 8.42. The number of aromatic nitrogens is 2. The molecule has 0 spiro atoms. The zero-order chi connectivity index (χ0) is 21.4. The minimum Gasteiger partial charge on any atom is -0.466 e. The maximum atomic E-state index is 12.6. The Hall–Kier alpha value is -2.88. The highest BCUT2D eigenvalue weighted by atomic mass is 32.2. The van der Waals surface area contributed by atoms with Crippen LogP contribution in [0.2, 0.25) is 0 Å². The number of esters is 2. The third-order valence-corrected chi connectivity index (χ3v) is 4.90. The van der Waals surface area contributed by atoms with E-state index in [0.29, 0.717) is 6.54 Å². The van der Waals surface area contributed by atoms with Gasteiger partial charge in [0.15, 0.2) is 16.7 Å². The summed E-state index contributed by atoms with van der Waals surface area (Å²) in [6.07, 6.45) is 5.99. The third-order valence-electron chi connectivity index (χ3n) is 3.89. The molecular weight excluding hydrogens is 396 g/mol. The largest absolute Gasteiger partial charge is 0.466 e. The monoisotopic (exact) mass is 420 g/mol. The van der Waals surface area contributed by atoms with Crippen LogP contribution in [-0.2, 0) is 25.6 Å². The van der Waals surface area contributed by atoms with Gasteiger partial charge in [0.25, 0.3) is 5.91 Å². The number of carbonyl (C=O) groups is 3. The normalized spacial score (nSPS) is 16.5. The van der Waals surface area contributed by atoms with Crippen LogP contribution in [0.5, 0.6) is 0 Å². The summed E-state index contributed by atoms with van der Waals surface area (Å²) in [5.74, 6) is -1.42. The van der Waals surface area contributed by atoms with Gasteiger partial charge in [-0.15, -0.1) is 6.58 Å². The SMILES string of the molecule is C=CCN1C(=O)/C(=C\C(=O)OC)S/C1=N/c1ncn(CCCC)c1C(=O)OCC. The van der Waals surface area contributed by atoms with Gasteiger partial charge in [0.2, 0.25) is 0 Å². The minimum absolute atomic E-state index is 0.156. The number of imidazole rings is 1. The van der Waals surface area contributed by atoms with E-state index in [1.54, 1.807) is 17.6 Å². The number of methoxy groups -OCH3 is 1. The zero-order valence-electron chi connectivity index (χ0n) is 16.7. The van der Waals surface area contributed by atoms with Gasteiger partial charge in [-0.2, -0.15) is 0 Å². The van der Waals surface area contributed by atoms with Crippen LogP contribution in [0, 0.1) is 0 Å². The molecule has 0 unspecified atom stereocenters. The van der Waals surface area contributed by atoms with E-state index in [2.05, 4.69) is 21.3 Å². The first-order valence-corrected chi connectivity index (χ1v) is 9.99. The zero-order valence-corrected chi connectivity index (χ0v) is 17.5. The van der Waals surface area contributed by atoms with Gasteiger partial charge >= 0.3 is 11.9 Å². The molecule has 10 heteroatoms. The number of nitrogens with zero attached hydrogens (tertiary/aromatic N) is 4. The molecule has 0 bridgehead atoms. The maximum absolute atomic E-state index is 12.6. The smallest absolute Gasteiger partial charge is 0.358 e. The van der Waals surface area contributed by atoms with Crippen LogP contribution in [-0.4, -0.2) is 57.7 Å². The van der Waals surface area contributed by atoms with E-state index in [-0.39, 0.29) is 34.7 Å². The molecule has 29 heavy (non-hydrogen) atoms. The second-order valence-electron chi connectivity index (χ2n) is 5.92. The molecule has 156 valence electrons. The van der Waals surface area contributed by atoms with Crippen LogP contribution < -0.4 is 0 Å². The topological polar surface area (TPSA) is 103 Å². The first kappa shape index (κ1) is 22.4. The number of rotatable bonds is 9. The van der Waals surface area contributed by atoms with Crippen molar-refractivity contribution in [2.45, 2.75) is 33.2 Å². The Bertz CT molecular complexity index is 859. The van der Waals surface area contributed by atoms with Gasteiger partial charge < -0.3 is 14.0 Å². The van der Waals surface area contributed by atoms with Gasteiger partial charge in [-0.1, -0.05) is 19.4 Å². The average molecular weight is 420 g/mol. The molecule has 2 rings (SSSR count). The predicted octanol–water partition coefficient (Wildman–Crippen LogP) is 2.67. The molecule has 1 amide bonds. The van der Waals surface area contributed by atoms with E-state index in [1.165, 1.54) is 18.3 Å². The lowest BCUT2D eigenvalue weighted by molar-refractivity contribution is -0.135. The average Bonchev–Trinajstić information content (AvgIpc) is 3.23. The van der Waals surface area contributed by atoms with Crippen molar-refractivity contribution >= 4 is 40.6 Å². The lowest BCUT2D eigenvalue weighted by atomic mass is 10.3. The molecule has 2 heterocycles. The van der Waals surface area contributed by atoms with Crippen LogP contribution in [0.25, 0.3) is 0 Å². The lowest BCUT2D eigenvalue weighted by Gasteiger charge is -2.12. The molecular formula is C19H24N4O5S. The van der Waals surface area contributed by atoms with Gasteiger partial charge in [0.05, 0.1) is 24.9 Å². The van der Waals surface area contributed by atoms with Crippen molar-refractivity contribution in [1.82, 2.24) is 14.5 Å². The molecule has 1 aliphatic rings. The van der Waals surface area contributed by atoms with Crippen molar-refractivity contribution in [2.24, 2.45) is 4.99 Å². The number of unbranched alkanes of at least 4 members (excludes halogenated alkanes) is 1. The first-order valence-electron chi connectivity index (χ1n) is 9.17. The number of hydrogen-bond donors (Lipinski definition) is 0. The van der Waals surface area contributed by atoms with Crippen LogP contribution in [0.1, 0.15) is 37.2 Å². The quantitative estimate of drug-likeness (QED) is 0.344. The number of thioether (sulfide) groups is 1. The fourth-order valence-electron chi connectivity index (χ4n) is 2.50. The minimum atomic E-state index is -0.642. The molecule has 0 aromatic carbocycles. The molecule has 1 saturated heterocycles. The highest BCUT2D eigenvalue weighted by Gasteiger charge is 2.34. The number of carbonyl (C=O) groups excluding carboxylic acids is 3. The molecule has 1 fully saturated rings. The Kier molecular flexibility index (Phi) is 8.20. The van der Waals surface area contributed by atoms with Crippen molar-refractivity contribution < 1.29 is 23.9 Å². The second-order valence-corrected chi connectivity index (χ2v) is 6.93. The molecule has 1 aromatic heterocycles. The summed E-state index contributed by atoms with van der Waals surface area (Å²) in [5, 5.41) is 0.288. The Labute approximate surface area is 173 Å². The molecule has 0 saturated carbocycles. The number of hydrogen-bond acceptors (Lipinski definition) is 8. The fraction of sp³-hybridized carbons (Fsp3) is 0.421. The summed E-state index contributed by atoms with van der Waals surface area (Å²) in [4.78, 5) is 46.8. The first-order chi connectivity index (χ1) is 14.0. The highest BCUT2D eigenvalue weighted by molar-refractivity contribution is 8.18. The van der Waals surface area contributed by atoms with Crippen LogP contribution in [0.4, 0.5) is 5.82 Å². The van der Waals surface area contributed by atoms with E-state index >= 15 is 0 Å². The molecule has 0 atom stereocenters. The summed E-state index contributed by atoms with van der Waals surface area (Å²) in [7, 11) is 1.23. The number of amides is 1. The van der Waals surface area contributed by atoms with E-state index in [9.17, 15) is 14.4 Å². The standard InChI is InChI=1S/C19H24N4O5S/c1-5-8-10-22-12-20-16(15(22)18(26)28-7-3)21-19-23(9-6-2)17(25)13(29-19)11-14(24)27-4/h6,11-12H,2,5,7-10H2,1,3-4H3/b13-11+,21-19+. The second kappa shape index (κ2) is 10.6. The van der Waals surface area contributed by atoms with E-state index in [0.717, 1.165) is 30.7 Å². The Morgan fingerprint density at radius 3 is 2.76 bits per heavy atom. The number of aliphatic imine (C=N–C) groups is 1. The fourth-order valence-corrected chi connectivity index (χ4v) is 3.45. The molecule has 0 aliphatic carbocycles. The van der Waals surface area contributed by atoms with Gasteiger partial charge in [0, 0.05) is 19.2 Å². The van der Waals surface area contributed by atoms with Crippen molar-refractivity contribution in [3.05, 3.63) is 35.7 Å². The number of aryl methyl sites for hydroxylation is 1. The summed E-state index contributed by atoms with van der Waals surface area (Å²) >= 11 is 1.00. The number of ether oxygens (including phenoxy) is 2. The highest BCUT2D eigenvalue weighted by Crippen LogP contribution is 2.33. The molecule has 1 aromatic rings. The summed E-state index contributed by atoms with van der Waals surface area (Å²) < 4.78 is 11.4. The van der Waals surface area contributed by atoms with Crippen molar-refractivity contribution in [3.63, 3.8) is 0 Å². The summed E-state index contributed by atoms with van der Waals surface area (Å²) in [6, 6.07) is 0. The van der Waals surface area contributed by atoms with Crippen molar-refractivity contribution in [1.29, 1.82) is 0 Å². The van der Waals surface area contributed by atoms with E-state index in [4.69, 9.17) is 4.74 Å². The molecule has 1 aliphatic heterocycles. The van der Waals surface area contributed by atoms with Crippen LogP contribution in [0.3, 0.4) is 0 Å². The van der Waals surface area contributed by atoms with Gasteiger partial charge in [0.1, 0.15) is 0 Å². The third kappa shape index (κ3) is 5.35. The molecule has 9 nitrogen and oxygen atoms in total. The maximum Gasteiger partial charge on any atom is 0.358 e. The lowest BCUT2D eigenvalue weighted by Crippen LogP contribution is -2.29. The Balaban J connectivity index is 2.47. The van der Waals surface area contributed by atoms with Crippen LogP contribution in [0.15, 0.2) is 35.0 Å². The molecule has 0 N–H and O–H groups in total. The van der Waals surface area contributed by atoms with E-state index in [1.807, 2.05) is 6.92 Å². The van der Waals surface area contributed by atoms with Crippen molar-refractivity contribution in [2.75, 3.05) is 20.3 Å². The number of amidine groups is 1. The summed E-state index contributed by atoms with van der Waals surface area (Å²) in [5.41, 5.74) is 0.227. The van der Waals surface area contributed by atoms with Crippen molar-refractivity contribution in [3.8, 4) is 0 Å². The Morgan fingerprint density at radius 2 is 2.14 bits per heavy atom. The molecule has 0 radical (unpaired) electrons. The predicted molar refractivity (Wildman–Crippen MR) is 110 cm³/mol. The van der Waals surface area contributed by atoms with Crippen LogP contribution >= 0.6 is 11.8 Å². The Morgan fingerprint density at radius 1 is 1.38 bits per heavy atom. The van der Waals surface area contributed by atoms with Gasteiger partial charge in [-0.05, 0) is 25.1 Å². The van der Waals surface area contributed by atoms with Gasteiger partial charge in [-0.25, -0.2) is 19.6 Å². The van der Waals surface area contributed by atoms with E-state index < -0.39 is 17.8 Å².